The van der Waals surface area contributed by atoms with Crippen molar-refractivity contribution in [1.29, 1.82) is 0 Å². The molecule has 1 aromatic heterocycles. The van der Waals surface area contributed by atoms with Gasteiger partial charge in [0.05, 0.1) is 11.0 Å². The highest BCUT2D eigenvalue weighted by atomic mass is 127. The maximum absolute atomic E-state index is 5.87. The minimum Gasteiger partial charge on any atom is -0.399 e. The zero-order valence-electron chi connectivity index (χ0n) is 11.3. The maximum Gasteiger partial charge on any atom is 0.114 e. The molecule has 4 heteroatoms. The van der Waals surface area contributed by atoms with E-state index in [1.165, 1.54) is 3.57 Å². The van der Waals surface area contributed by atoms with Crippen LogP contribution in [0.3, 0.4) is 0 Å². The highest BCUT2D eigenvalue weighted by molar-refractivity contribution is 14.1. The Morgan fingerprint density at radius 1 is 1.20 bits per heavy atom. The number of nitrogen functional groups attached to an aromatic ring is 1. The molecule has 0 saturated heterocycles. The summed E-state index contributed by atoms with van der Waals surface area (Å²) in [5, 5.41) is 0. The van der Waals surface area contributed by atoms with Gasteiger partial charge >= 0.3 is 0 Å². The van der Waals surface area contributed by atoms with Gasteiger partial charge in [0.2, 0.25) is 0 Å². The van der Waals surface area contributed by atoms with Crippen LogP contribution < -0.4 is 5.73 Å². The van der Waals surface area contributed by atoms with Crippen LogP contribution in [0.5, 0.6) is 0 Å². The maximum atomic E-state index is 5.87. The van der Waals surface area contributed by atoms with E-state index in [4.69, 9.17) is 10.7 Å². The molecular formula is C16H16IN3. The summed E-state index contributed by atoms with van der Waals surface area (Å²) in [5.74, 6) is 1.09. The quantitative estimate of drug-likeness (QED) is 0.550. The molecule has 0 aliphatic carbocycles. The summed E-state index contributed by atoms with van der Waals surface area (Å²) in [4.78, 5) is 4.75. The van der Waals surface area contributed by atoms with Crippen molar-refractivity contribution < 1.29 is 0 Å². The molecule has 0 aliphatic rings. The van der Waals surface area contributed by atoms with Crippen molar-refractivity contribution in [3.8, 4) is 5.69 Å². The Labute approximate surface area is 132 Å². The summed E-state index contributed by atoms with van der Waals surface area (Å²) in [7, 11) is 0. The van der Waals surface area contributed by atoms with E-state index in [0.717, 1.165) is 41.1 Å². The second kappa shape index (κ2) is 5.44. The monoisotopic (exact) mass is 377 g/mol. The lowest BCUT2D eigenvalue weighted by Crippen LogP contribution is -2.01. The van der Waals surface area contributed by atoms with Gasteiger partial charge in [-0.3, -0.25) is 4.57 Å². The van der Waals surface area contributed by atoms with Crippen LogP contribution in [-0.4, -0.2) is 9.55 Å². The van der Waals surface area contributed by atoms with E-state index in [1.807, 2.05) is 12.1 Å². The number of fused-ring (bicyclic) bond motifs is 1. The Hall–Kier alpha value is -1.56. The summed E-state index contributed by atoms with van der Waals surface area (Å²) >= 11 is 2.34. The third-order valence-corrected chi connectivity index (χ3v) is 3.96. The van der Waals surface area contributed by atoms with E-state index < -0.39 is 0 Å². The summed E-state index contributed by atoms with van der Waals surface area (Å²) in [6, 6.07) is 14.4. The summed E-state index contributed by atoms with van der Waals surface area (Å²) < 4.78 is 3.46. The Balaban J connectivity index is 2.28. The van der Waals surface area contributed by atoms with Crippen molar-refractivity contribution in [1.82, 2.24) is 9.55 Å². The van der Waals surface area contributed by atoms with Gasteiger partial charge in [0.1, 0.15) is 5.82 Å². The zero-order valence-corrected chi connectivity index (χ0v) is 13.5. The standard InChI is InChI=1S/C16H16IN3/c1-2-4-16-19-14-10-12(18)7-8-15(14)20(16)13-6-3-5-11(17)9-13/h3,5-10H,2,4,18H2,1H3. The number of nitrogens with two attached hydrogens (primary N) is 1. The molecule has 0 spiro atoms. The fourth-order valence-electron chi connectivity index (χ4n) is 2.44. The SMILES string of the molecule is CCCc1nc2cc(N)ccc2n1-c1cccc(I)c1. The van der Waals surface area contributed by atoms with E-state index in [1.54, 1.807) is 0 Å². The number of halogens is 1. The van der Waals surface area contributed by atoms with Crippen molar-refractivity contribution >= 4 is 39.3 Å². The first-order valence-electron chi connectivity index (χ1n) is 6.72. The Morgan fingerprint density at radius 2 is 2.05 bits per heavy atom. The van der Waals surface area contributed by atoms with Crippen molar-refractivity contribution in [3.05, 3.63) is 51.9 Å². The van der Waals surface area contributed by atoms with Crippen LogP contribution in [0.1, 0.15) is 19.2 Å². The van der Waals surface area contributed by atoms with E-state index in [2.05, 4.69) is 64.4 Å². The van der Waals surface area contributed by atoms with Gasteiger partial charge in [-0.25, -0.2) is 4.98 Å². The van der Waals surface area contributed by atoms with Crippen LogP contribution in [0.15, 0.2) is 42.5 Å². The number of aryl methyl sites for hydroxylation is 1. The largest absolute Gasteiger partial charge is 0.399 e. The number of anilines is 1. The lowest BCUT2D eigenvalue weighted by Gasteiger charge is -2.09. The number of hydrogen-bond acceptors (Lipinski definition) is 2. The van der Waals surface area contributed by atoms with Crippen molar-refractivity contribution in [2.24, 2.45) is 0 Å². The van der Waals surface area contributed by atoms with Gasteiger partial charge in [-0.1, -0.05) is 13.0 Å². The van der Waals surface area contributed by atoms with Gasteiger partial charge < -0.3 is 5.73 Å². The number of imidazole rings is 1. The molecule has 1 heterocycles. The second-order valence-corrected chi connectivity index (χ2v) is 6.09. The molecule has 0 radical (unpaired) electrons. The predicted molar refractivity (Wildman–Crippen MR) is 92.2 cm³/mol. The molecule has 3 rings (SSSR count). The van der Waals surface area contributed by atoms with Crippen LogP contribution in [0.25, 0.3) is 16.7 Å². The van der Waals surface area contributed by atoms with Crippen LogP contribution in [0.2, 0.25) is 0 Å². The minimum atomic E-state index is 0.757. The van der Waals surface area contributed by atoms with E-state index in [9.17, 15) is 0 Å². The highest BCUT2D eigenvalue weighted by Gasteiger charge is 2.12. The van der Waals surface area contributed by atoms with E-state index in [-0.39, 0.29) is 0 Å². The van der Waals surface area contributed by atoms with Crippen LogP contribution in [0.4, 0.5) is 5.69 Å². The first-order chi connectivity index (χ1) is 9.69. The van der Waals surface area contributed by atoms with Crippen molar-refractivity contribution in [2.75, 3.05) is 5.73 Å². The lowest BCUT2D eigenvalue weighted by molar-refractivity contribution is 0.818. The highest BCUT2D eigenvalue weighted by Crippen LogP contribution is 2.25. The van der Waals surface area contributed by atoms with Crippen molar-refractivity contribution in [3.63, 3.8) is 0 Å². The third-order valence-electron chi connectivity index (χ3n) is 3.29. The molecule has 0 bridgehead atoms. The molecular weight excluding hydrogens is 361 g/mol. The summed E-state index contributed by atoms with van der Waals surface area (Å²) in [5.41, 5.74) is 9.87. The van der Waals surface area contributed by atoms with E-state index in [0.29, 0.717) is 0 Å². The molecule has 0 unspecified atom stereocenters. The predicted octanol–water partition coefficient (Wildman–Crippen LogP) is 4.16. The molecule has 3 nitrogen and oxygen atoms in total. The third kappa shape index (κ3) is 2.40. The molecule has 102 valence electrons. The van der Waals surface area contributed by atoms with Crippen LogP contribution >= 0.6 is 22.6 Å². The average Bonchev–Trinajstić information content (AvgIpc) is 2.76. The molecule has 0 amide bonds. The molecule has 2 aromatic carbocycles. The normalized spacial score (nSPS) is 11.1. The zero-order chi connectivity index (χ0) is 14.1. The summed E-state index contributed by atoms with van der Waals surface area (Å²) in [6.45, 7) is 2.17. The molecule has 0 aliphatic heterocycles. The Kier molecular flexibility index (Phi) is 3.65. The first-order valence-corrected chi connectivity index (χ1v) is 7.79. The fraction of sp³-hybridized carbons (Fsp3) is 0.188. The topological polar surface area (TPSA) is 43.8 Å². The molecule has 2 N–H and O–H groups in total. The van der Waals surface area contributed by atoms with Gasteiger partial charge in [-0.05, 0) is 65.4 Å². The lowest BCUT2D eigenvalue weighted by atomic mass is 10.2. The van der Waals surface area contributed by atoms with E-state index >= 15 is 0 Å². The minimum absolute atomic E-state index is 0.757. The molecule has 0 atom stereocenters. The second-order valence-electron chi connectivity index (χ2n) is 4.84. The molecule has 3 aromatic rings. The van der Waals surface area contributed by atoms with Gasteiger partial charge in [0, 0.05) is 21.4 Å². The Morgan fingerprint density at radius 3 is 2.80 bits per heavy atom. The number of aromatic nitrogens is 2. The number of benzene rings is 2. The van der Waals surface area contributed by atoms with Gasteiger partial charge in [0.15, 0.2) is 0 Å². The number of hydrogen-bond donors (Lipinski definition) is 1. The Bertz CT molecular complexity index is 762. The van der Waals surface area contributed by atoms with Crippen molar-refractivity contribution in [2.45, 2.75) is 19.8 Å². The summed E-state index contributed by atoms with van der Waals surface area (Å²) in [6.07, 6.45) is 2.03. The van der Waals surface area contributed by atoms with Gasteiger partial charge in [-0.2, -0.15) is 0 Å². The fourth-order valence-corrected chi connectivity index (χ4v) is 2.97. The number of rotatable bonds is 3. The van der Waals surface area contributed by atoms with Crippen LogP contribution in [0, 0.1) is 3.57 Å². The average molecular weight is 377 g/mol. The van der Waals surface area contributed by atoms with Gasteiger partial charge in [0.25, 0.3) is 0 Å². The number of nitrogens with zero attached hydrogens (tertiary/aromatic N) is 2. The van der Waals surface area contributed by atoms with Crippen LogP contribution in [-0.2, 0) is 6.42 Å². The molecule has 0 fully saturated rings. The molecule has 20 heavy (non-hydrogen) atoms. The molecule has 0 saturated carbocycles. The van der Waals surface area contributed by atoms with Gasteiger partial charge in [-0.15, -0.1) is 0 Å². The first kappa shape index (κ1) is 13.4. The smallest absolute Gasteiger partial charge is 0.114 e.